The third-order valence-corrected chi connectivity index (χ3v) is 4.70. The quantitative estimate of drug-likeness (QED) is 0.716. The van der Waals surface area contributed by atoms with Gasteiger partial charge < -0.3 is 15.2 Å². The Morgan fingerprint density at radius 1 is 1.28 bits per heavy atom. The molecule has 25 heavy (non-hydrogen) atoms. The van der Waals surface area contributed by atoms with Crippen LogP contribution in [0.1, 0.15) is 37.8 Å². The molecule has 134 valence electrons. The van der Waals surface area contributed by atoms with E-state index in [2.05, 4.69) is 16.4 Å². The van der Waals surface area contributed by atoms with Crippen molar-refractivity contribution in [3.63, 3.8) is 0 Å². The molecular formula is C20H26N2O3. The Bertz CT molecular complexity index is 697. The van der Waals surface area contributed by atoms with E-state index in [-0.39, 0.29) is 0 Å². The van der Waals surface area contributed by atoms with Crippen molar-refractivity contribution in [2.75, 3.05) is 6.54 Å². The number of aromatic nitrogens is 1. The summed E-state index contributed by atoms with van der Waals surface area (Å²) < 4.78 is 5.83. The molecule has 0 spiro atoms. The molecule has 0 aliphatic heterocycles. The number of carbonyl (C=O) groups is 1. The fraction of sp³-hybridized carbons (Fsp3) is 0.400. The molecule has 1 aromatic heterocycles. The van der Waals surface area contributed by atoms with Crippen molar-refractivity contribution in [3.05, 3.63) is 53.9 Å². The monoisotopic (exact) mass is 342 g/mol. The van der Waals surface area contributed by atoms with Gasteiger partial charge in [0.05, 0.1) is 11.6 Å². The van der Waals surface area contributed by atoms with Crippen molar-refractivity contribution in [1.29, 1.82) is 0 Å². The summed E-state index contributed by atoms with van der Waals surface area (Å²) in [7, 11) is 0. The maximum absolute atomic E-state index is 11.5. The number of aryl methyl sites for hydroxylation is 1. The lowest BCUT2D eigenvalue weighted by Gasteiger charge is -2.27. The van der Waals surface area contributed by atoms with Crippen LogP contribution < -0.4 is 10.1 Å². The van der Waals surface area contributed by atoms with Gasteiger partial charge >= 0.3 is 5.97 Å². The molecule has 0 bridgehead atoms. The third kappa shape index (κ3) is 4.79. The first-order valence-electron chi connectivity index (χ1n) is 8.62. The van der Waals surface area contributed by atoms with Gasteiger partial charge in [0.25, 0.3) is 0 Å². The van der Waals surface area contributed by atoms with Crippen molar-refractivity contribution in [2.24, 2.45) is 5.41 Å². The molecule has 2 N–H and O–H groups in total. The minimum Gasteiger partial charge on any atom is -0.481 e. The van der Waals surface area contributed by atoms with Crippen LogP contribution in [-0.4, -0.2) is 22.6 Å². The molecule has 1 aromatic carbocycles. The average molecular weight is 342 g/mol. The number of benzene rings is 1. The highest BCUT2D eigenvalue weighted by Crippen LogP contribution is 2.27. The van der Waals surface area contributed by atoms with E-state index < -0.39 is 11.4 Å². The highest BCUT2D eigenvalue weighted by atomic mass is 16.5. The first-order chi connectivity index (χ1) is 12.0. The molecule has 0 amide bonds. The normalized spacial score (nSPS) is 11.3. The van der Waals surface area contributed by atoms with Crippen molar-refractivity contribution >= 4 is 5.97 Å². The lowest BCUT2D eigenvalue weighted by Crippen LogP contribution is -2.40. The second-order valence-electron chi connectivity index (χ2n) is 6.29. The zero-order valence-electron chi connectivity index (χ0n) is 15.1. The summed E-state index contributed by atoms with van der Waals surface area (Å²) in [6, 6.07) is 9.68. The number of rotatable bonds is 9. The van der Waals surface area contributed by atoms with E-state index in [1.807, 2.05) is 45.0 Å². The van der Waals surface area contributed by atoms with Gasteiger partial charge in [0.2, 0.25) is 0 Å². The first-order valence-corrected chi connectivity index (χ1v) is 8.62. The molecular weight excluding hydrogens is 316 g/mol. The van der Waals surface area contributed by atoms with Gasteiger partial charge in [-0.25, -0.2) is 0 Å². The number of nitrogens with one attached hydrogen (secondary N) is 1. The molecule has 0 saturated heterocycles. The Morgan fingerprint density at radius 2 is 2.04 bits per heavy atom. The van der Waals surface area contributed by atoms with E-state index in [4.69, 9.17) is 4.74 Å². The van der Waals surface area contributed by atoms with Gasteiger partial charge in [-0.2, -0.15) is 0 Å². The fourth-order valence-corrected chi connectivity index (χ4v) is 2.79. The maximum Gasteiger partial charge on any atom is 0.310 e. The Balaban J connectivity index is 1.98. The fourth-order valence-electron chi connectivity index (χ4n) is 2.79. The van der Waals surface area contributed by atoms with Crippen molar-refractivity contribution in [1.82, 2.24) is 10.3 Å². The first kappa shape index (κ1) is 18.9. The summed E-state index contributed by atoms with van der Waals surface area (Å²) >= 11 is 0. The molecule has 1 heterocycles. The Labute approximate surface area is 149 Å². The minimum absolute atomic E-state index is 0.461. The number of aliphatic carboxylic acids is 1. The summed E-state index contributed by atoms with van der Waals surface area (Å²) in [4.78, 5) is 15.6. The molecule has 5 heteroatoms. The molecule has 0 unspecified atom stereocenters. The standard InChI is InChI=1S/C20H26N2O3/c1-4-20(5-2,19(23)24)14-22-12-16-8-9-18(15(3)11-16)25-17-7-6-10-21-13-17/h6-11,13,22H,4-5,12,14H2,1-3H3,(H,23,24). The van der Waals surface area contributed by atoms with Gasteiger partial charge in [0.1, 0.15) is 11.5 Å². The van der Waals surface area contributed by atoms with Crippen LogP contribution in [0.3, 0.4) is 0 Å². The van der Waals surface area contributed by atoms with E-state index in [9.17, 15) is 9.90 Å². The molecule has 2 rings (SSSR count). The lowest BCUT2D eigenvalue weighted by atomic mass is 9.82. The van der Waals surface area contributed by atoms with Gasteiger partial charge in [-0.1, -0.05) is 26.0 Å². The van der Waals surface area contributed by atoms with E-state index in [0.717, 1.165) is 16.9 Å². The second-order valence-corrected chi connectivity index (χ2v) is 6.29. The summed E-state index contributed by atoms with van der Waals surface area (Å²) in [5.41, 5.74) is 1.43. The molecule has 2 aromatic rings. The van der Waals surface area contributed by atoms with E-state index in [1.54, 1.807) is 12.4 Å². The highest BCUT2D eigenvalue weighted by molar-refractivity contribution is 5.74. The van der Waals surface area contributed by atoms with Crippen molar-refractivity contribution in [3.8, 4) is 11.5 Å². The van der Waals surface area contributed by atoms with Gasteiger partial charge in [0, 0.05) is 19.3 Å². The SMILES string of the molecule is CCC(CC)(CNCc1ccc(Oc2cccnc2)c(C)c1)C(=O)O. The molecule has 0 saturated carbocycles. The second kappa shape index (κ2) is 8.62. The van der Waals surface area contributed by atoms with Crippen LogP contribution in [0.25, 0.3) is 0 Å². The van der Waals surface area contributed by atoms with Crippen LogP contribution in [0.15, 0.2) is 42.7 Å². The average Bonchev–Trinajstić information content (AvgIpc) is 2.62. The predicted molar refractivity (Wildman–Crippen MR) is 97.8 cm³/mol. The number of carboxylic acid groups (broad SMARTS) is 1. The lowest BCUT2D eigenvalue weighted by molar-refractivity contribution is -0.149. The van der Waals surface area contributed by atoms with Crippen LogP contribution in [0.4, 0.5) is 0 Å². The van der Waals surface area contributed by atoms with Crippen molar-refractivity contribution in [2.45, 2.75) is 40.2 Å². The number of pyridine rings is 1. The Hall–Kier alpha value is -2.40. The van der Waals surface area contributed by atoms with E-state index >= 15 is 0 Å². The van der Waals surface area contributed by atoms with Crippen LogP contribution in [-0.2, 0) is 11.3 Å². The molecule has 0 radical (unpaired) electrons. The van der Waals surface area contributed by atoms with Crippen LogP contribution in [0.5, 0.6) is 11.5 Å². The third-order valence-electron chi connectivity index (χ3n) is 4.70. The molecule has 0 aliphatic rings. The summed E-state index contributed by atoms with van der Waals surface area (Å²) in [5, 5.41) is 12.8. The van der Waals surface area contributed by atoms with Gasteiger partial charge in [-0.15, -0.1) is 0 Å². The summed E-state index contributed by atoms with van der Waals surface area (Å²) in [6.45, 7) is 6.93. The molecule has 0 atom stereocenters. The number of hydrogen-bond acceptors (Lipinski definition) is 4. The maximum atomic E-state index is 11.5. The van der Waals surface area contributed by atoms with Gasteiger partial charge in [0.15, 0.2) is 0 Å². The molecule has 0 aliphatic carbocycles. The zero-order chi connectivity index (χ0) is 18.3. The number of carboxylic acids is 1. The van der Waals surface area contributed by atoms with Crippen LogP contribution in [0.2, 0.25) is 0 Å². The highest BCUT2D eigenvalue weighted by Gasteiger charge is 2.34. The smallest absolute Gasteiger partial charge is 0.310 e. The Morgan fingerprint density at radius 3 is 2.60 bits per heavy atom. The zero-order valence-corrected chi connectivity index (χ0v) is 15.1. The topological polar surface area (TPSA) is 71.5 Å². The van der Waals surface area contributed by atoms with Crippen molar-refractivity contribution < 1.29 is 14.6 Å². The number of ether oxygens (including phenoxy) is 1. The molecule has 0 fully saturated rings. The molecule has 5 nitrogen and oxygen atoms in total. The summed E-state index contributed by atoms with van der Waals surface area (Å²) in [5.74, 6) is 0.758. The number of hydrogen-bond donors (Lipinski definition) is 2. The number of nitrogens with zero attached hydrogens (tertiary/aromatic N) is 1. The van der Waals surface area contributed by atoms with Crippen LogP contribution >= 0.6 is 0 Å². The van der Waals surface area contributed by atoms with E-state index in [0.29, 0.717) is 31.7 Å². The van der Waals surface area contributed by atoms with E-state index in [1.165, 1.54) is 0 Å². The van der Waals surface area contributed by atoms with Gasteiger partial charge in [-0.05, 0) is 49.1 Å². The largest absolute Gasteiger partial charge is 0.481 e. The Kier molecular flexibility index (Phi) is 6.53. The van der Waals surface area contributed by atoms with Crippen LogP contribution in [0, 0.1) is 12.3 Å². The predicted octanol–water partition coefficient (Wildman–Crippen LogP) is 4.16. The van der Waals surface area contributed by atoms with Gasteiger partial charge in [-0.3, -0.25) is 9.78 Å². The summed E-state index contributed by atoms with van der Waals surface area (Å²) in [6.07, 6.45) is 4.61. The minimum atomic E-state index is -0.735.